The van der Waals surface area contributed by atoms with Gasteiger partial charge in [0.05, 0.1) is 5.01 Å². The fourth-order valence-electron chi connectivity index (χ4n) is 2.38. The van der Waals surface area contributed by atoms with Crippen LogP contribution in [0.25, 0.3) is 0 Å². The molecule has 1 heterocycles. The van der Waals surface area contributed by atoms with Crippen molar-refractivity contribution < 1.29 is 0 Å². The zero-order chi connectivity index (χ0) is 10.2. The quantitative estimate of drug-likeness (QED) is 0.814. The summed E-state index contributed by atoms with van der Waals surface area (Å²) in [5, 5.41) is 3.41. The Hall–Kier alpha value is -0.410. The summed E-state index contributed by atoms with van der Waals surface area (Å²) in [6.45, 7) is 4.40. The van der Waals surface area contributed by atoms with Gasteiger partial charge < -0.3 is 5.73 Å². The van der Waals surface area contributed by atoms with Crippen molar-refractivity contribution in [1.82, 2.24) is 4.98 Å². The molecular formula is C11H18N2S. The Labute approximate surface area is 89.5 Å². The van der Waals surface area contributed by atoms with Gasteiger partial charge in [0.25, 0.3) is 0 Å². The van der Waals surface area contributed by atoms with Gasteiger partial charge in [-0.25, -0.2) is 4.98 Å². The van der Waals surface area contributed by atoms with E-state index < -0.39 is 0 Å². The number of rotatable bonds is 2. The van der Waals surface area contributed by atoms with Crippen LogP contribution in [0.2, 0.25) is 0 Å². The van der Waals surface area contributed by atoms with Gasteiger partial charge in [0.15, 0.2) is 0 Å². The van der Waals surface area contributed by atoms with Crippen LogP contribution in [-0.4, -0.2) is 11.0 Å². The van der Waals surface area contributed by atoms with Gasteiger partial charge in [-0.2, -0.15) is 0 Å². The highest BCUT2D eigenvalue weighted by molar-refractivity contribution is 7.09. The van der Waals surface area contributed by atoms with E-state index in [4.69, 9.17) is 5.73 Å². The standard InChI is InChI=1S/C11H18N2S/c1-8-7-14-10(13-8)6-11(2)4-3-9(12)5-11/h7,9H,3-6,12H2,1-2H3. The molecule has 2 N–H and O–H groups in total. The van der Waals surface area contributed by atoms with Crippen LogP contribution in [0.3, 0.4) is 0 Å². The van der Waals surface area contributed by atoms with Crippen LogP contribution in [0.1, 0.15) is 36.9 Å². The SMILES string of the molecule is Cc1csc(CC2(C)CCC(N)C2)n1. The van der Waals surface area contributed by atoms with Crippen LogP contribution in [-0.2, 0) is 6.42 Å². The predicted molar refractivity (Wildman–Crippen MR) is 60.5 cm³/mol. The molecule has 3 heteroatoms. The van der Waals surface area contributed by atoms with Crippen molar-refractivity contribution >= 4 is 11.3 Å². The second-order valence-corrected chi connectivity index (χ2v) is 5.82. The molecule has 2 rings (SSSR count). The number of aryl methyl sites for hydroxylation is 1. The lowest BCUT2D eigenvalue weighted by Gasteiger charge is -2.22. The zero-order valence-electron chi connectivity index (χ0n) is 8.92. The van der Waals surface area contributed by atoms with Gasteiger partial charge in [-0.3, -0.25) is 0 Å². The molecule has 2 atom stereocenters. The maximum Gasteiger partial charge on any atom is 0.0933 e. The molecule has 0 saturated heterocycles. The van der Waals surface area contributed by atoms with Crippen LogP contribution < -0.4 is 5.73 Å². The average Bonchev–Trinajstić information content (AvgIpc) is 2.60. The van der Waals surface area contributed by atoms with Crippen LogP contribution in [0.15, 0.2) is 5.38 Å². The van der Waals surface area contributed by atoms with E-state index in [-0.39, 0.29) is 0 Å². The number of nitrogens with two attached hydrogens (primary N) is 1. The van der Waals surface area contributed by atoms with E-state index in [0.717, 1.165) is 18.5 Å². The Morgan fingerprint density at radius 3 is 3.00 bits per heavy atom. The number of nitrogens with zero attached hydrogens (tertiary/aromatic N) is 1. The summed E-state index contributed by atoms with van der Waals surface area (Å²) in [7, 11) is 0. The molecule has 0 aliphatic heterocycles. The fraction of sp³-hybridized carbons (Fsp3) is 0.727. The topological polar surface area (TPSA) is 38.9 Å². The Morgan fingerprint density at radius 1 is 1.71 bits per heavy atom. The number of thiazole rings is 1. The van der Waals surface area contributed by atoms with Crippen molar-refractivity contribution in [2.24, 2.45) is 11.1 Å². The van der Waals surface area contributed by atoms with E-state index >= 15 is 0 Å². The Balaban J connectivity index is 2.03. The van der Waals surface area contributed by atoms with E-state index in [0.29, 0.717) is 11.5 Å². The van der Waals surface area contributed by atoms with Crippen LogP contribution >= 0.6 is 11.3 Å². The molecule has 0 spiro atoms. The molecule has 0 amide bonds. The molecule has 0 bridgehead atoms. The Bertz CT molecular complexity index is 321. The first-order valence-corrected chi connectivity index (χ1v) is 6.12. The number of hydrogen-bond donors (Lipinski definition) is 1. The van der Waals surface area contributed by atoms with E-state index in [9.17, 15) is 0 Å². The van der Waals surface area contributed by atoms with Gasteiger partial charge in [-0.1, -0.05) is 6.92 Å². The van der Waals surface area contributed by atoms with Crippen LogP contribution in [0, 0.1) is 12.3 Å². The van der Waals surface area contributed by atoms with Gasteiger partial charge in [0.2, 0.25) is 0 Å². The molecule has 14 heavy (non-hydrogen) atoms. The summed E-state index contributed by atoms with van der Waals surface area (Å²) in [6, 6.07) is 0.418. The molecule has 1 aromatic heterocycles. The molecule has 1 fully saturated rings. The summed E-state index contributed by atoms with van der Waals surface area (Å²) < 4.78 is 0. The number of hydrogen-bond acceptors (Lipinski definition) is 3. The monoisotopic (exact) mass is 210 g/mol. The van der Waals surface area contributed by atoms with Crippen molar-refractivity contribution in [3.05, 3.63) is 16.1 Å². The third-order valence-electron chi connectivity index (χ3n) is 3.12. The molecular weight excluding hydrogens is 192 g/mol. The van der Waals surface area contributed by atoms with Crippen LogP contribution in [0.5, 0.6) is 0 Å². The minimum Gasteiger partial charge on any atom is -0.328 e. The molecule has 2 nitrogen and oxygen atoms in total. The first-order chi connectivity index (χ1) is 6.57. The molecule has 1 aromatic rings. The summed E-state index contributed by atoms with van der Waals surface area (Å²) >= 11 is 1.78. The van der Waals surface area contributed by atoms with Crippen molar-refractivity contribution in [2.45, 2.75) is 45.6 Å². The lowest BCUT2D eigenvalue weighted by Crippen LogP contribution is -2.21. The van der Waals surface area contributed by atoms with Crippen molar-refractivity contribution in [1.29, 1.82) is 0 Å². The number of aromatic nitrogens is 1. The zero-order valence-corrected chi connectivity index (χ0v) is 9.73. The van der Waals surface area contributed by atoms with Gasteiger partial charge in [-0.05, 0) is 31.6 Å². The summed E-state index contributed by atoms with van der Waals surface area (Å²) in [5.74, 6) is 0. The summed E-state index contributed by atoms with van der Waals surface area (Å²) in [5.41, 5.74) is 7.51. The van der Waals surface area contributed by atoms with Gasteiger partial charge in [0.1, 0.15) is 0 Å². The molecule has 0 radical (unpaired) electrons. The van der Waals surface area contributed by atoms with Crippen molar-refractivity contribution in [3.63, 3.8) is 0 Å². The van der Waals surface area contributed by atoms with E-state index in [1.807, 2.05) is 0 Å². The third-order valence-corrected chi connectivity index (χ3v) is 4.08. The maximum atomic E-state index is 5.95. The van der Waals surface area contributed by atoms with Gasteiger partial charge >= 0.3 is 0 Å². The molecule has 78 valence electrons. The van der Waals surface area contributed by atoms with Crippen LogP contribution in [0.4, 0.5) is 0 Å². The third kappa shape index (κ3) is 2.15. The Kier molecular flexibility index (Phi) is 2.62. The smallest absolute Gasteiger partial charge is 0.0933 e. The Morgan fingerprint density at radius 2 is 2.50 bits per heavy atom. The second-order valence-electron chi connectivity index (χ2n) is 4.87. The summed E-state index contributed by atoms with van der Waals surface area (Å²) in [4.78, 5) is 4.52. The lowest BCUT2D eigenvalue weighted by molar-refractivity contribution is 0.329. The molecule has 1 aliphatic rings. The summed E-state index contributed by atoms with van der Waals surface area (Å²) in [6.07, 6.45) is 4.71. The molecule has 0 aromatic carbocycles. The average molecular weight is 210 g/mol. The highest BCUT2D eigenvalue weighted by atomic mass is 32.1. The second kappa shape index (κ2) is 3.63. The highest BCUT2D eigenvalue weighted by Crippen LogP contribution is 2.40. The predicted octanol–water partition coefficient (Wildman–Crippen LogP) is 2.51. The van der Waals surface area contributed by atoms with E-state index in [1.54, 1.807) is 11.3 Å². The van der Waals surface area contributed by atoms with E-state index in [2.05, 4.69) is 24.2 Å². The largest absolute Gasteiger partial charge is 0.328 e. The van der Waals surface area contributed by atoms with Gasteiger partial charge in [0, 0.05) is 23.5 Å². The van der Waals surface area contributed by atoms with Crippen molar-refractivity contribution in [3.8, 4) is 0 Å². The lowest BCUT2D eigenvalue weighted by atomic mass is 9.85. The maximum absolute atomic E-state index is 5.95. The van der Waals surface area contributed by atoms with Gasteiger partial charge in [-0.15, -0.1) is 11.3 Å². The van der Waals surface area contributed by atoms with E-state index in [1.165, 1.54) is 17.8 Å². The van der Waals surface area contributed by atoms with Crippen molar-refractivity contribution in [2.75, 3.05) is 0 Å². The molecule has 2 unspecified atom stereocenters. The molecule has 1 aliphatic carbocycles. The molecule has 1 saturated carbocycles. The minimum atomic E-state index is 0.406. The normalized spacial score (nSPS) is 32.4. The minimum absolute atomic E-state index is 0.406. The first-order valence-electron chi connectivity index (χ1n) is 5.24. The first kappa shape index (κ1) is 10.1. The highest BCUT2D eigenvalue weighted by Gasteiger charge is 2.34. The fourth-order valence-corrected chi connectivity index (χ4v) is 3.37.